The number of sulfonamides is 1. The van der Waals surface area contributed by atoms with Crippen LogP contribution in [0.15, 0.2) is 40.7 Å². The van der Waals surface area contributed by atoms with Crippen LogP contribution in [0.5, 0.6) is 0 Å². The number of aliphatic carboxylic acids is 1. The zero-order valence-electron chi connectivity index (χ0n) is 12.5. The van der Waals surface area contributed by atoms with Crippen LogP contribution >= 0.6 is 24.0 Å². The van der Waals surface area contributed by atoms with Crippen LogP contribution in [0.3, 0.4) is 0 Å². The first-order chi connectivity index (χ1) is 11.3. The topological polar surface area (TPSA) is 117 Å². The number of aryl methyl sites for hydroxylation is 1. The molecule has 0 fully saturated rings. The molecular formula is C13H15N3O5S3. The van der Waals surface area contributed by atoms with E-state index in [0.29, 0.717) is 0 Å². The number of carbonyl (C=O) groups is 1. The number of carboxylic acids is 1. The summed E-state index contributed by atoms with van der Waals surface area (Å²) < 4.78 is 27.4. The molecule has 0 bridgehead atoms. The smallest absolute Gasteiger partial charge is 0.304 e. The summed E-state index contributed by atoms with van der Waals surface area (Å²) in [4.78, 5) is 15.4. The van der Waals surface area contributed by atoms with Crippen LogP contribution in [0.25, 0.3) is 0 Å². The average Bonchev–Trinajstić information content (AvgIpc) is 2.94. The van der Waals surface area contributed by atoms with Crippen molar-refractivity contribution >= 4 is 44.2 Å². The zero-order chi connectivity index (χ0) is 17.7. The Morgan fingerprint density at radius 2 is 2.00 bits per heavy atom. The Hall–Kier alpha value is -1.82. The molecule has 11 heteroatoms. The van der Waals surface area contributed by atoms with Crippen LogP contribution in [-0.4, -0.2) is 29.4 Å². The first-order valence-electron chi connectivity index (χ1n) is 6.70. The molecule has 24 heavy (non-hydrogen) atoms. The first-order valence-corrected chi connectivity index (χ1v) is 9.58. The van der Waals surface area contributed by atoms with E-state index >= 15 is 0 Å². The summed E-state index contributed by atoms with van der Waals surface area (Å²) in [5.74, 6) is -0.631. The Labute approximate surface area is 148 Å². The molecule has 0 aromatic heterocycles. The summed E-state index contributed by atoms with van der Waals surface area (Å²) >= 11 is 6.27. The van der Waals surface area contributed by atoms with Crippen LogP contribution in [0.1, 0.15) is 12.0 Å². The second-order valence-corrected chi connectivity index (χ2v) is 8.21. The van der Waals surface area contributed by atoms with Gasteiger partial charge in [0, 0.05) is 5.75 Å². The Morgan fingerprint density at radius 3 is 2.62 bits per heavy atom. The second-order valence-electron chi connectivity index (χ2n) is 4.75. The summed E-state index contributed by atoms with van der Waals surface area (Å²) in [6, 6.07) is 6.35. The van der Waals surface area contributed by atoms with Gasteiger partial charge in [0.25, 0.3) is 10.0 Å². The minimum absolute atomic E-state index is 0.0448. The summed E-state index contributed by atoms with van der Waals surface area (Å²) in [6.07, 6.45) is -0.0587. The number of thiocarbonyl (C=S) groups is 1. The fourth-order valence-electron chi connectivity index (χ4n) is 1.66. The van der Waals surface area contributed by atoms with E-state index in [0.717, 1.165) is 17.3 Å². The lowest BCUT2D eigenvalue weighted by atomic mass is 10.2. The van der Waals surface area contributed by atoms with E-state index in [2.05, 4.69) is 15.7 Å². The number of hydroxylamine groups is 2. The van der Waals surface area contributed by atoms with Gasteiger partial charge >= 0.3 is 5.97 Å². The van der Waals surface area contributed by atoms with E-state index in [4.69, 9.17) is 22.3 Å². The zero-order valence-corrected chi connectivity index (χ0v) is 15.0. The highest BCUT2D eigenvalue weighted by Crippen LogP contribution is 2.18. The molecule has 4 N–H and O–H groups in total. The van der Waals surface area contributed by atoms with Crippen molar-refractivity contribution in [1.82, 2.24) is 15.7 Å². The van der Waals surface area contributed by atoms with Crippen molar-refractivity contribution in [3.05, 3.63) is 41.3 Å². The standard InChI is InChI=1S/C13H15N3O5S3/c1-8-2-4-9(5-3-8)24(19,20)16-12-11(14-21-15-12)13(22)23-7-6-10(17)18/h2-5,14-16H,6-7H2,1H3,(H,17,18). The van der Waals surface area contributed by atoms with Crippen molar-refractivity contribution in [2.45, 2.75) is 18.2 Å². The van der Waals surface area contributed by atoms with Crippen LogP contribution < -0.4 is 15.7 Å². The van der Waals surface area contributed by atoms with Gasteiger partial charge in [-0.15, -0.1) is 11.8 Å². The first kappa shape index (κ1) is 18.5. The van der Waals surface area contributed by atoms with Crippen LogP contribution in [0, 0.1) is 6.92 Å². The van der Waals surface area contributed by atoms with Crippen molar-refractivity contribution in [2.24, 2.45) is 0 Å². The minimum Gasteiger partial charge on any atom is -0.481 e. The van der Waals surface area contributed by atoms with Gasteiger partial charge in [-0.3, -0.25) is 9.52 Å². The van der Waals surface area contributed by atoms with E-state index in [-0.39, 0.29) is 32.8 Å². The molecule has 1 aliphatic rings. The molecule has 0 spiro atoms. The molecule has 1 heterocycles. The highest BCUT2D eigenvalue weighted by atomic mass is 32.2. The number of nitrogens with one attached hydrogen (secondary N) is 3. The maximum Gasteiger partial charge on any atom is 0.304 e. The molecule has 8 nitrogen and oxygen atoms in total. The molecule has 1 aromatic rings. The van der Waals surface area contributed by atoms with Gasteiger partial charge in [0.1, 0.15) is 5.70 Å². The third kappa shape index (κ3) is 4.84. The predicted octanol–water partition coefficient (Wildman–Crippen LogP) is 1.02. The number of benzene rings is 1. The van der Waals surface area contributed by atoms with E-state index in [1.807, 2.05) is 6.92 Å². The Balaban J connectivity index is 2.12. The largest absolute Gasteiger partial charge is 0.481 e. The maximum absolute atomic E-state index is 12.4. The predicted molar refractivity (Wildman–Crippen MR) is 93.2 cm³/mol. The molecule has 0 amide bonds. The van der Waals surface area contributed by atoms with E-state index in [1.165, 1.54) is 12.1 Å². The molecule has 0 aliphatic carbocycles. The van der Waals surface area contributed by atoms with Gasteiger partial charge in [0.15, 0.2) is 5.82 Å². The molecule has 130 valence electrons. The number of hydrogen-bond acceptors (Lipinski definition) is 8. The molecule has 2 rings (SSSR count). The van der Waals surface area contributed by atoms with E-state index in [9.17, 15) is 13.2 Å². The van der Waals surface area contributed by atoms with Crippen molar-refractivity contribution in [3.63, 3.8) is 0 Å². The fourth-order valence-corrected chi connectivity index (χ4v) is 3.83. The number of hydrogen-bond donors (Lipinski definition) is 4. The molecular weight excluding hydrogens is 374 g/mol. The average molecular weight is 389 g/mol. The van der Waals surface area contributed by atoms with Gasteiger partial charge < -0.3 is 5.11 Å². The molecule has 0 saturated heterocycles. The fraction of sp³-hybridized carbons (Fsp3) is 0.231. The number of rotatable bonds is 7. The van der Waals surface area contributed by atoms with Gasteiger partial charge in [0.05, 0.1) is 15.5 Å². The summed E-state index contributed by atoms with van der Waals surface area (Å²) in [5.41, 5.74) is 6.02. The summed E-state index contributed by atoms with van der Waals surface area (Å²) in [5, 5.41) is 8.63. The van der Waals surface area contributed by atoms with Crippen molar-refractivity contribution in [1.29, 1.82) is 0 Å². The third-order valence-electron chi connectivity index (χ3n) is 2.88. The van der Waals surface area contributed by atoms with Crippen molar-refractivity contribution < 1.29 is 23.3 Å². The number of carboxylic acid groups (broad SMARTS) is 1. The lowest BCUT2D eigenvalue weighted by Crippen LogP contribution is -2.29. The van der Waals surface area contributed by atoms with Gasteiger partial charge in [-0.05, 0) is 19.1 Å². The third-order valence-corrected chi connectivity index (χ3v) is 5.67. The van der Waals surface area contributed by atoms with E-state index in [1.54, 1.807) is 12.1 Å². The molecule has 0 saturated carbocycles. The second kappa shape index (κ2) is 7.83. The SMILES string of the molecule is Cc1ccc(S(=O)(=O)NC2=C(C(=S)SCCC(=O)O)NON2)cc1. The highest BCUT2D eigenvalue weighted by Gasteiger charge is 2.24. The summed E-state index contributed by atoms with van der Waals surface area (Å²) in [7, 11) is -3.81. The molecule has 0 unspecified atom stereocenters. The normalized spacial score (nSPS) is 14.0. The van der Waals surface area contributed by atoms with Gasteiger partial charge in [0.2, 0.25) is 0 Å². The molecule has 0 atom stereocenters. The van der Waals surface area contributed by atoms with Gasteiger partial charge in [-0.2, -0.15) is 4.94 Å². The lowest BCUT2D eigenvalue weighted by Gasteiger charge is -2.10. The summed E-state index contributed by atoms with van der Waals surface area (Å²) in [6.45, 7) is 1.85. The van der Waals surface area contributed by atoms with Crippen LogP contribution in [0.4, 0.5) is 0 Å². The van der Waals surface area contributed by atoms with Crippen LogP contribution in [0.2, 0.25) is 0 Å². The monoisotopic (exact) mass is 389 g/mol. The van der Waals surface area contributed by atoms with Crippen LogP contribution in [-0.2, 0) is 19.8 Å². The Bertz CT molecular complexity index is 775. The highest BCUT2D eigenvalue weighted by molar-refractivity contribution is 8.23. The van der Waals surface area contributed by atoms with E-state index < -0.39 is 16.0 Å². The minimum atomic E-state index is -3.81. The molecule has 1 aromatic carbocycles. The lowest BCUT2D eigenvalue weighted by molar-refractivity contribution is -0.136. The van der Waals surface area contributed by atoms with Gasteiger partial charge in [-0.25, -0.2) is 19.4 Å². The maximum atomic E-state index is 12.4. The van der Waals surface area contributed by atoms with Crippen molar-refractivity contribution in [3.8, 4) is 0 Å². The number of thioether (sulfide) groups is 1. The Morgan fingerprint density at radius 1 is 1.33 bits per heavy atom. The quantitative estimate of drug-likeness (QED) is 0.507. The van der Waals surface area contributed by atoms with Crippen molar-refractivity contribution in [2.75, 3.05) is 5.75 Å². The molecule has 1 aliphatic heterocycles. The van der Waals surface area contributed by atoms with Gasteiger partial charge in [-0.1, -0.05) is 29.9 Å². The Kier molecular flexibility index (Phi) is 6.04. The molecule has 0 radical (unpaired) electrons.